The zero-order valence-electron chi connectivity index (χ0n) is 11.2. The zero-order valence-corrected chi connectivity index (χ0v) is 11.2. The number of H-pyrrole nitrogens is 1. The van der Waals surface area contributed by atoms with E-state index in [2.05, 4.69) is 33.7 Å². The summed E-state index contributed by atoms with van der Waals surface area (Å²) in [6.45, 7) is 8.15. The first-order valence-corrected chi connectivity index (χ1v) is 6.71. The Kier molecular flexibility index (Phi) is 3.37. The highest BCUT2D eigenvalue weighted by molar-refractivity contribution is 5.09. The van der Waals surface area contributed by atoms with Crippen LogP contribution in [0.15, 0.2) is 6.33 Å². The zero-order chi connectivity index (χ0) is 12.5. The number of fused-ring (bicyclic) bond motifs is 3. The molecule has 0 aliphatic carbocycles. The summed E-state index contributed by atoms with van der Waals surface area (Å²) >= 11 is 0. The van der Waals surface area contributed by atoms with Crippen molar-refractivity contribution >= 4 is 0 Å². The molecule has 5 heteroatoms. The molecule has 3 heterocycles. The first-order valence-electron chi connectivity index (χ1n) is 6.71. The van der Waals surface area contributed by atoms with Gasteiger partial charge in [-0.05, 0) is 14.0 Å². The van der Waals surface area contributed by atoms with E-state index in [0.717, 1.165) is 39.4 Å². The lowest BCUT2D eigenvalue weighted by Gasteiger charge is -2.29. The quantitative estimate of drug-likeness (QED) is 0.829. The summed E-state index contributed by atoms with van der Waals surface area (Å²) in [4.78, 5) is 12.6. The molecule has 100 valence electrons. The molecule has 0 saturated carbocycles. The molecule has 2 fully saturated rings. The topological polar surface area (TPSA) is 44.4 Å². The number of hydrogen-bond acceptors (Lipinski definition) is 4. The van der Waals surface area contributed by atoms with Crippen molar-refractivity contribution in [3.63, 3.8) is 0 Å². The molecule has 1 aromatic rings. The predicted octanol–water partition coefficient (Wildman–Crippen LogP) is 0.481. The second-order valence-electron chi connectivity index (χ2n) is 5.68. The average molecular weight is 250 g/mol. The highest BCUT2D eigenvalue weighted by atomic mass is 16.5. The van der Waals surface area contributed by atoms with Crippen molar-refractivity contribution in [1.82, 2.24) is 19.8 Å². The standard InChI is InChI=1S/C13H22N4O/c1-10-13(15-9-14-10)6-17-4-11-3-16(2)5-12(17)8-18-7-11/h9,11-12H,3-8H2,1-2H3,(H,14,15)/t11-,12-/m0/s1. The number of nitrogens with one attached hydrogen (secondary N) is 1. The van der Waals surface area contributed by atoms with Crippen LogP contribution in [0.5, 0.6) is 0 Å². The van der Waals surface area contributed by atoms with Crippen LogP contribution in [0.3, 0.4) is 0 Å². The molecular formula is C13H22N4O. The van der Waals surface area contributed by atoms with Crippen LogP contribution in [0.4, 0.5) is 0 Å². The largest absolute Gasteiger partial charge is 0.379 e. The Hall–Kier alpha value is -0.910. The number of hydrogen-bond donors (Lipinski definition) is 1. The van der Waals surface area contributed by atoms with Gasteiger partial charge in [-0.2, -0.15) is 0 Å². The number of ether oxygens (including phenoxy) is 1. The fourth-order valence-electron chi connectivity index (χ4n) is 3.10. The van der Waals surface area contributed by atoms with Crippen LogP contribution in [0.1, 0.15) is 11.4 Å². The van der Waals surface area contributed by atoms with Crippen molar-refractivity contribution in [3.8, 4) is 0 Å². The van der Waals surface area contributed by atoms with Gasteiger partial charge in [-0.1, -0.05) is 0 Å². The minimum absolute atomic E-state index is 0.499. The Morgan fingerprint density at radius 3 is 3.06 bits per heavy atom. The lowest BCUT2D eigenvalue weighted by atomic mass is 10.1. The second-order valence-corrected chi connectivity index (χ2v) is 5.68. The highest BCUT2D eigenvalue weighted by Gasteiger charge is 2.32. The molecule has 2 aliphatic rings. The molecule has 1 N–H and O–H groups in total. The Labute approximate surface area is 108 Å². The summed E-state index contributed by atoms with van der Waals surface area (Å²) < 4.78 is 5.79. The molecule has 2 aliphatic heterocycles. The molecule has 2 saturated heterocycles. The fourth-order valence-corrected chi connectivity index (χ4v) is 3.10. The number of likely N-dealkylation sites (N-methyl/N-ethyl adjacent to an activating group) is 1. The molecule has 2 atom stereocenters. The number of nitrogens with zero attached hydrogens (tertiary/aromatic N) is 3. The van der Waals surface area contributed by atoms with Crippen LogP contribution in [0.25, 0.3) is 0 Å². The Bertz CT molecular complexity index is 405. The molecule has 0 amide bonds. The third-order valence-electron chi connectivity index (χ3n) is 4.05. The van der Waals surface area contributed by atoms with Crippen molar-refractivity contribution < 1.29 is 4.74 Å². The molecule has 0 radical (unpaired) electrons. The van der Waals surface area contributed by atoms with Crippen LogP contribution in [0, 0.1) is 12.8 Å². The third kappa shape index (κ3) is 2.43. The number of aromatic amines is 1. The Balaban J connectivity index is 1.77. The second kappa shape index (κ2) is 4.99. The van der Waals surface area contributed by atoms with Gasteiger partial charge in [0.1, 0.15) is 0 Å². The number of aromatic nitrogens is 2. The number of imidazole rings is 1. The molecular weight excluding hydrogens is 228 g/mol. The van der Waals surface area contributed by atoms with Crippen LogP contribution >= 0.6 is 0 Å². The van der Waals surface area contributed by atoms with Crippen LogP contribution in [-0.2, 0) is 11.3 Å². The summed E-state index contributed by atoms with van der Waals surface area (Å²) in [5, 5.41) is 0. The SMILES string of the molecule is Cc1[nH]cnc1CN1C[C@H]2COC[C@@H]1CN(C)C2. The van der Waals surface area contributed by atoms with Gasteiger partial charge in [-0.15, -0.1) is 0 Å². The molecule has 1 aromatic heterocycles. The highest BCUT2D eigenvalue weighted by Crippen LogP contribution is 2.20. The molecule has 18 heavy (non-hydrogen) atoms. The smallest absolute Gasteiger partial charge is 0.0925 e. The maximum Gasteiger partial charge on any atom is 0.0925 e. The Morgan fingerprint density at radius 2 is 2.28 bits per heavy atom. The van der Waals surface area contributed by atoms with Crippen LogP contribution < -0.4 is 0 Å². The van der Waals surface area contributed by atoms with Gasteiger partial charge >= 0.3 is 0 Å². The Morgan fingerprint density at radius 1 is 1.39 bits per heavy atom. The molecule has 0 aromatic carbocycles. The number of aryl methyl sites for hydroxylation is 1. The minimum Gasteiger partial charge on any atom is -0.379 e. The summed E-state index contributed by atoms with van der Waals surface area (Å²) in [5.74, 6) is 0.627. The van der Waals surface area contributed by atoms with Crippen molar-refractivity contribution in [2.24, 2.45) is 5.92 Å². The molecule has 0 spiro atoms. The van der Waals surface area contributed by atoms with E-state index in [9.17, 15) is 0 Å². The van der Waals surface area contributed by atoms with E-state index in [1.54, 1.807) is 6.33 Å². The molecule has 0 unspecified atom stereocenters. The van der Waals surface area contributed by atoms with Gasteiger partial charge in [-0.3, -0.25) is 4.90 Å². The van der Waals surface area contributed by atoms with Gasteiger partial charge in [0.15, 0.2) is 0 Å². The monoisotopic (exact) mass is 250 g/mol. The van der Waals surface area contributed by atoms with Gasteiger partial charge in [0.25, 0.3) is 0 Å². The van der Waals surface area contributed by atoms with E-state index < -0.39 is 0 Å². The maximum absolute atomic E-state index is 5.79. The molecule has 3 rings (SSSR count). The first kappa shape index (κ1) is 12.1. The van der Waals surface area contributed by atoms with E-state index in [4.69, 9.17) is 4.74 Å². The predicted molar refractivity (Wildman–Crippen MR) is 69.3 cm³/mol. The van der Waals surface area contributed by atoms with Crippen LogP contribution in [-0.4, -0.2) is 65.7 Å². The van der Waals surface area contributed by atoms with Gasteiger partial charge < -0.3 is 14.6 Å². The van der Waals surface area contributed by atoms with E-state index >= 15 is 0 Å². The summed E-state index contributed by atoms with van der Waals surface area (Å²) in [6.07, 6.45) is 1.79. The normalized spacial score (nSPS) is 30.3. The van der Waals surface area contributed by atoms with Crippen molar-refractivity contribution in [2.45, 2.75) is 19.5 Å². The summed E-state index contributed by atoms with van der Waals surface area (Å²) in [7, 11) is 2.22. The average Bonchev–Trinajstić information content (AvgIpc) is 2.53. The van der Waals surface area contributed by atoms with Gasteiger partial charge in [0.2, 0.25) is 0 Å². The van der Waals surface area contributed by atoms with E-state index in [1.807, 2.05) is 0 Å². The van der Waals surface area contributed by atoms with Crippen molar-refractivity contribution in [1.29, 1.82) is 0 Å². The minimum atomic E-state index is 0.499. The van der Waals surface area contributed by atoms with Gasteiger partial charge in [-0.25, -0.2) is 4.98 Å². The van der Waals surface area contributed by atoms with E-state index in [1.165, 1.54) is 11.4 Å². The van der Waals surface area contributed by atoms with E-state index in [0.29, 0.717) is 12.0 Å². The van der Waals surface area contributed by atoms with Crippen LogP contribution in [0.2, 0.25) is 0 Å². The van der Waals surface area contributed by atoms with Crippen molar-refractivity contribution in [2.75, 3.05) is 39.9 Å². The third-order valence-corrected chi connectivity index (χ3v) is 4.05. The summed E-state index contributed by atoms with van der Waals surface area (Å²) in [6, 6.07) is 0.499. The van der Waals surface area contributed by atoms with E-state index in [-0.39, 0.29) is 0 Å². The van der Waals surface area contributed by atoms with Crippen molar-refractivity contribution in [3.05, 3.63) is 17.7 Å². The lowest BCUT2D eigenvalue weighted by Crippen LogP contribution is -2.42. The molecule has 5 nitrogen and oxygen atoms in total. The lowest BCUT2D eigenvalue weighted by molar-refractivity contribution is 0.0560. The molecule has 2 bridgehead atoms. The summed E-state index contributed by atoms with van der Waals surface area (Å²) in [5.41, 5.74) is 2.35. The van der Waals surface area contributed by atoms with Gasteiger partial charge in [0, 0.05) is 43.8 Å². The first-order chi connectivity index (χ1) is 8.72. The van der Waals surface area contributed by atoms with Gasteiger partial charge in [0.05, 0.1) is 25.2 Å². The maximum atomic E-state index is 5.79. The fraction of sp³-hybridized carbons (Fsp3) is 0.769. The number of rotatable bonds is 2.